The number of hydrogen-bond acceptors (Lipinski definition) is 5. The van der Waals surface area contributed by atoms with Crippen LogP contribution < -0.4 is 0 Å². The molecule has 154 valence electrons. The number of fused-ring (bicyclic) bond motifs is 2. The number of carbonyl (C=O) groups excluding carboxylic acids is 2. The number of ether oxygens (including phenoxy) is 1. The Bertz CT molecular complexity index is 906. The number of nitrogens with zero attached hydrogens (tertiary/aromatic N) is 3. The maximum Gasteiger partial charge on any atom is 0.339 e. The zero-order valence-electron chi connectivity index (χ0n) is 17.2. The van der Waals surface area contributed by atoms with E-state index in [0.717, 1.165) is 80.4 Å². The van der Waals surface area contributed by atoms with Crippen LogP contribution >= 0.6 is 0 Å². The van der Waals surface area contributed by atoms with E-state index in [0.29, 0.717) is 12.1 Å². The highest BCUT2D eigenvalue weighted by Crippen LogP contribution is 2.29. The molecule has 0 aliphatic carbocycles. The molecule has 6 heteroatoms. The van der Waals surface area contributed by atoms with Gasteiger partial charge in [0, 0.05) is 49.2 Å². The fourth-order valence-corrected chi connectivity index (χ4v) is 4.42. The average molecular weight is 396 g/mol. The molecule has 1 amide bonds. The fraction of sp³-hybridized carbons (Fsp3) is 0.522. The van der Waals surface area contributed by atoms with Crippen molar-refractivity contribution in [2.45, 2.75) is 45.6 Å². The van der Waals surface area contributed by atoms with E-state index in [2.05, 4.69) is 11.8 Å². The molecule has 0 N–H and O–H groups in total. The molecule has 3 heterocycles. The van der Waals surface area contributed by atoms with Crippen LogP contribution in [0.4, 0.5) is 0 Å². The standard InChI is InChI=1S/C23H29N3O3/c1-2-11-25-14-10-20-18(15-25)22(17-8-4-5-9-19(17)24-20)23(28)29-16-21(27)26-12-6-3-7-13-26/h4-5,8-9H,2-3,6-7,10-16H2,1H3. The number of likely N-dealkylation sites (tertiary alicyclic amines) is 1. The summed E-state index contributed by atoms with van der Waals surface area (Å²) in [6.45, 7) is 6.14. The number of carbonyl (C=O) groups is 2. The molecule has 0 bridgehead atoms. The van der Waals surface area contributed by atoms with Gasteiger partial charge in [0.25, 0.3) is 5.91 Å². The lowest BCUT2D eigenvalue weighted by molar-refractivity contribution is -0.135. The highest BCUT2D eigenvalue weighted by Gasteiger charge is 2.27. The van der Waals surface area contributed by atoms with Gasteiger partial charge in [-0.15, -0.1) is 0 Å². The van der Waals surface area contributed by atoms with Crippen LogP contribution in [-0.4, -0.2) is 59.4 Å². The number of pyridine rings is 1. The first kappa shape index (κ1) is 19.8. The second kappa shape index (κ2) is 8.91. The van der Waals surface area contributed by atoms with Gasteiger partial charge in [0.05, 0.1) is 11.1 Å². The number of para-hydroxylation sites is 1. The Labute approximate surface area is 171 Å². The van der Waals surface area contributed by atoms with E-state index in [4.69, 9.17) is 9.72 Å². The Morgan fingerprint density at radius 1 is 1.10 bits per heavy atom. The fourth-order valence-electron chi connectivity index (χ4n) is 4.42. The summed E-state index contributed by atoms with van der Waals surface area (Å²) in [4.78, 5) is 34.6. The Kier molecular flexibility index (Phi) is 6.09. The van der Waals surface area contributed by atoms with Gasteiger partial charge >= 0.3 is 5.97 Å². The number of aromatic nitrogens is 1. The molecule has 0 atom stereocenters. The lowest BCUT2D eigenvalue weighted by Crippen LogP contribution is -2.38. The summed E-state index contributed by atoms with van der Waals surface area (Å²) in [7, 11) is 0. The molecular formula is C23H29N3O3. The number of piperidine rings is 1. The Morgan fingerprint density at radius 2 is 1.90 bits per heavy atom. The van der Waals surface area contributed by atoms with Gasteiger partial charge in [-0.25, -0.2) is 4.79 Å². The highest BCUT2D eigenvalue weighted by molar-refractivity contribution is 6.05. The maximum absolute atomic E-state index is 13.1. The molecule has 2 aliphatic heterocycles. The zero-order chi connectivity index (χ0) is 20.2. The zero-order valence-corrected chi connectivity index (χ0v) is 17.2. The molecule has 1 aromatic heterocycles. The summed E-state index contributed by atoms with van der Waals surface area (Å²) < 4.78 is 5.54. The van der Waals surface area contributed by atoms with E-state index in [-0.39, 0.29) is 12.5 Å². The van der Waals surface area contributed by atoms with Crippen molar-refractivity contribution in [1.29, 1.82) is 0 Å². The predicted molar refractivity (Wildman–Crippen MR) is 112 cm³/mol. The topological polar surface area (TPSA) is 62.7 Å². The molecule has 2 aromatic rings. The van der Waals surface area contributed by atoms with Crippen LogP contribution in [0.2, 0.25) is 0 Å². The van der Waals surface area contributed by atoms with Gasteiger partial charge in [-0.3, -0.25) is 14.7 Å². The summed E-state index contributed by atoms with van der Waals surface area (Å²) in [5.41, 5.74) is 3.33. The van der Waals surface area contributed by atoms with Crippen molar-refractivity contribution in [3.05, 3.63) is 41.1 Å². The van der Waals surface area contributed by atoms with Gasteiger partial charge < -0.3 is 9.64 Å². The van der Waals surface area contributed by atoms with Gasteiger partial charge in [-0.1, -0.05) is 25.1 Å². The van der Waals surface area contributed by atoms with Gasteiger partial charge in [0.2, 0.25) is 0 Å². The van der Waals surface area contributed by atoms with Crippen LogP contribution in [0, 0.1) is 0 Å². The van der Waals surface area contributed by atoms with Crippen molar-refractivity contribution >= 4 is 22.8 Å². The van der Waals surface area contributed by atoms with E-state index in [1.54, 1.807) is 4.90 Å². The van der Waals surface area contributed by atoms with Crippen LogP contribution in [0.25, 0.3) is 10.9 Å². The summed E-state index contributed by atoms with van der Waals surface area (Å²) in [6.07, 6.45) is 5.10. The van der Waals surface area contributed by atoms with Crippen LogP contribution in [0.15, 0.2) is 24.3 Å². The number of benzene rings is 1. The Morgan fingerprint density at radius 3 is 2.69 bits per heavy atom. The lowest BCUT2D eigenvalue weighted by Gasteiger charge is -2.29. The second-order valence-electron chi connectivity index (χ2n) is 7.97. The lowest BCUT2D eigenvalue weighted by atomic mass is 9.95. The smallest absolute Gasteiger partial charge is 0.339 e. The number of hydrogen-bond donors (Lipinski definition) is 0. The molecule has 1 saturated heterocycles. The van der Waals surface area contributed by atoms with E-state index in [1.807, 2.05) is 24.3 Å². The van der Waals surface area contributed by atoms with Crippen LogP contribution in [0.1, 0.15) is 54.2 Å². The molecule has 0 saturated carbocycles. The first-order chi connectivity index (χ1) is 14.2. The molecular weight excluding hydrogens is 366 g/mol. The molecule has 0 spiro atoms. The minimum absolute atomic E-state index is 0.0992. The Hall–Kier alpha value is -2.47. The van der Waals surface area contributed by atoms with Crippen molar-refractivity contribution in [3.8, 4) is 0 Å². The maximum atomic E-state index is 13.1. The van der Waals surface area contributed by atoms with Crippen LogP contribution in [0.5, 0.6) is 0 Å². The van der Waals surface area contributed by atoms with Gasteiger partial charge in [0.1, 0.15) is 0 Å². The minimum Gasteiger partial charge on any atom is -0.452 e. The van der Waals surface area contributed by atoms with Crippen molar-refractivity contribution < 1.29 is 14.3 Å². The van der Waals surface area contributed by atoms with Gasteiger partial charge in [-0.05, 0) is 38.3 Å². The molecule has 2 aliphatic rings. The molecule has 1 aromatic carbocycles. The van der Waals surface area contributed by atoms with E-state index in [9.17, 15) is 9.59 Å². The number of amides is 1. The molecule has 0 unspecified atom stereocenters. The molecule has 6 nitrogen and oxygen atoms in total. The third kappa shape index (κ3) is 4.27. The SMILES string of the molecule is CCCN1CCc2nc3ccccc3c(C(=O)OCC(=O)N3CCCCC3)c2C1. The third-order valence-corrected chi connectivity index (χ3v) is 5.90. The quantitative estimate of drug-likeness (QED) is 0.728. The van der Waals surface area contributed by atoms with E-state index < -0.39 is 5.97 Å². The van der Waals surface area contributed by atoms with Crippen molar-refractivity contribution in [2.24, 2.45) is 0 Å². The Balaban J connectivity index is 1.60. The monoisotopic (exact) mass is 395 g/mol. The molecule has 0 radical (unpaired) electrons. The second-order valence-corrected chi connectivity index (χ2v) is 7.97. The predicted octanol–water partition coefficient (Wildman–Crippen LogP) is 3.17. The van der Waals surface area contributed by atoms with Crippen LogP contribution in [-0.2, 0) is 22.5 Å². The number of esters is 1. The molecule has 4 rings (SSSR count). The van der Waals surface area contributed by atoms with Crippen molar-refractivity contribution in [2.75, 3.05) is 32.8 Å². The van der Waals surface area contributed by atoms with E-state index in [1.165, 1.54) is 0 Å². The van der Waals surface area contributed by atoms with Crippen LogP contribution in [0.3, 0.4) is 0 Å². The summed E-state index contributed by atoms with van der Waals surface area (Å²) in [6, 6.07) is 7.70. The van der Waals surface area contributed by atoms with Gasteiger partial charge in [0.15, 0.2) is 6.61 Å². The largest absolute Gasteiger partial charge is 0.452 e. The van der Waals surface area contributed by atoms with Gasteiger partial charge in [-0.2, -0.15) is 0 Å². The summed E-state index contributed by atoms with van der Waals surface area (Å²) in [5, 5.41) is 0.806. The van der Waals surface area contributed by atoms with Crippen molar-refractivity contribution in [1.82, 2.24) is 14.8 Å². The first-order valence-corrected chi connectivity index (χ1v) is 10.7. The first-order valence-electron chi connectivity index (χ1n) is 10.7. The molecule has 1 fully saturated rings. The van der Waals surface area contributed by atoms with E-state index >= 15 is 0 Å². The molecule has 29 heavy (non-hydrogen) atoms. The third-order valence-electron chi connectivity index (χ3n) is 5.90. The van der Waals surface area contributed by atoms with Crippen molar-refractivity contribution in [3.63, 3.8) is 0 Å². The summed E-state index contributed by atoms with van der Waals surface area (Å²) in [5.74, 6) is -0.513. The minimum atomic E-state index is -0.413. The number of rotatable bonds is 5. The normalized spacial score (nSPS) is 17.2. The highest BCUT2D eigenvalue weighted by atomic mass is 16.5. The summed E-state index contributed by atoms with van der Waals surface area (Å²) >= 11 is 0. The average Bonchev–Trinajstić information content (AvgIpc) is 2.76.